The third-order valence-corrected chi connectivity index (χ3v) is 4.04. The third kappa shape index (κ3) is 3.00. The number of likely N-dealkylation sites (tertiary alicyclic amines) is 1. The van der Waals surface area contributed by atoms with Crippen LogP contribution in [0, 0.1) is 6.92 Å². The molecular weight excluding hydrogens is 266 g/mol. The van der Waals surface area contributed by atoms with Crippen molar-refractivity contribution in [3.8, 4) is 0 Å². The van der Waals surface area contributed by atoms with E-state index in [-0.39, 0.29) is 0 Å². The van der Waals surface area contributed by atoms with Crippen molar-refractivity contribution in [3.05, 3.63) is 59.0 Å². The SMILES string of the molecule is Cc1ccc(C2CCCN2Cc2ccc(C(=O)O)cc2)o1. The maximum Gasteiger partial charge on any atom is 0.335 e. The van der Waals surface area contributed by atoms with Gasteiger partial charge in [-0.05, 0) is 56.1 Å². The summed E-state index contributed by atoms with van der Waals surface area (Å²) in [5, 5.41) is 8.93. The molecule has 1 aromatic carbocycles. The van der Waals surface area contributed by atoms with Gasteiger partial charge in [-0.3, -0.25) is 4.90 Å². The Hall–Kier alpha value is -2.07. The minimum Gasteiger partial charge on any atom is -0.478 e. The lowest BCUT2D eigenvalue weighted by Crippen LogP contribution is -2.22. The first kappa shape index (κ1) is 13.9. The normalized spacial score (nSPS) is 19.0. The van der Waals surface area contributed by atoms with Crippen molar-refractivity contribution >= 4 is 5.97 Å². The van der Waals surface area contributed by atoms with E-state index in [4.69, 9.17) is 9.52 Å². The molecule has 1 atom stereocenters. The Bertz CT molecular complexity index is 630. The number of furan rings is 1. The minimum absolute atomic E-state index is 0.331. The second-order valence-electron chi connectivity index (χ2n) is 5.58. The number of benzene rings is 1. The van der Waals surface area contributed by atoms with Crippen LogP contribution in [0.5, 0.6) is 0 Å². The zero-order chi connectivity index (χ0) is 14.8. The Morgan fingerprint density at radius 1 is 1.29 bits per heavy atom. The van der Waals surface area contributed by atoms with E-state index in [1.807, 2.05) is 25.1 Å². The van der Waals surface area contributed by atoms with Crippen LogP contribution < -0.4 is 0 Å². The molecule has 1 N–H and O–H groups in total. The molecular formula is C17H19NO3. The average Bonchev–Trinajstić information content (AvgIpc) is 3.08. The lowest BCUT2D eigenvalue weighted by molar-refractivity contribution is 0.0697. The van der Waals surface area contributed by atoms with Gasteiger partial charge in [-0.15, -0.1) is 0 Å². The highest BCUT2D eigenvalue weighted by Gasteiger charge is 2.28. The topological polar surface area (TPSA) is 53.7 Å². The molecule has 2 heterocycles. The van der Waals surface area contributed by atoms with Crippen LogP contribution >= 0.6 is 0 Å². The molecule has 4 heteroatoms. The van der Waals surface area contributed by atoms with Crippen molar-refractivity contribution in [2.24, 2.45) is 0 Å². The van der Waals surface area contributed by atoms with E-state index in [9.17, 15) is 4.79 Å². The molecule has 21 heavy (non-hydrogen) atoms. The summed E-state index contributed by atoms with van der Waals surface area (Å²) in [5.74, 6) is 1.10. The standard InChI is InChI=1S/C17H19NO3/c1-12-4-9-16(21-12)15-3-2-10-18(15)11-13-5-7-14(8-6-13)17(19)20/h4-9,15H,2-3,10-11H2,1H3,(H,19,20). The molecule has 4 nitrogen and oxygen atoms in total. The maximum atomic E-state index is 10.9. The molecule has 0 saturated carbocycles. The summed E-state index contributed by atoms with van der Waals surface area (Å²) in [6, 6.07) is 11.5. The molecule has 0 radical (unpaired) electrons. The van der Waals surface area contributed by atoms with Crippen molar-refractivity contribution in [1.29, 1.82) is 0 Å². The average molecular weight is 285 g/mol. The Morgan fingerprint density at radius 2 is 2.05 bits per heavy atom. The number of hydrogen-bond acceptors (Lipinski definition) is 3. The van der Waals surface area contributed by atoms with Crippen molar-refractivity contribution in [3.63, 3.8) is 0 Å². The summed E-state index contributed by atoms with van der Waals surface area (Å²) in [7, 11) is 0. The van der Waals surface area contributed by atoms with Gasteiger partial charge in [-0.25, -0.2) is 4.79 Å². The predicted molar refractivity (Wildman–Crippen MR) is 79.2 cm³/mol. The van der Waals surface area contributed by atoms with Crippen molar-refractivity contribution in [2.45, 2.75) is 32.4 Å². The van der Waals surface area contributed by atoms with Crippen LogP contribution in [0.1, 0.15) is 46.3 Å². The highest BCUT2D eigenvalue weighted by Crippen LogP contribution is 2.34. The number of carboxylic acid groups (broad SMARTS) is 1. The molecule has 1 aromatic heterocycles. The molecule has 1 aliphatic heterocycles. The summed E-state index contributed by atoms with van der Waals surface area (Å²) in [5.41, 5.74) is 1.47. The van der Waals surface area contributed by atoms with Crippen LogP contribution in [0.3, 0.4) is 0 Å². The second-order valence-corrected chi connectivity index (χ2v) is 5.58. The molecule has 0 spiro atoms. The molecule has 0 aliphatic carbocycles. The third-order valence-electron chi connectivity index (χ3n) is 4.04. The van der Waals surface area contributed by atoms with Gasteiger partial charge in [0.1, 0.15) is 11.5 Å². The van der Waals surface area contributed by atoms with Gasteiger partial charge in [0.2, 0.25) is 0 Å². The summed E-state index contributed by atoms with van der Waals surface area (Å²) in [6.45, 7) is 3.84. The van der Waals surface area contributed by atoms with Crippen LogP contribution in [-0.2, 0) is 6.54 Å². The minimum atomic E-state index is -0.883. The van der Waals surface area contributed by atoms with Gasteiger partial charge < -0.3 is 9.52 Å². The first-order valence-corrected chi connectivity index (χ1v) is 7.26. The summed E-state index contributed by atoms with van der Waals surface area (Å²) in [4.78, 5) is 13.3. The molecule has 1 unspecified atom stereocenters. The van der Waals surface area contributed by atoms with E-state index in [2.05, 4.69) is 11.0 Å². The Balaban J connectivity index is 1.72. The quantitative estimate of drug-likeness (QED) is 0.932. The van der Waals surface area contributed by atoms with E-state index in [0.717, 1.165) is 43.0 Å². The molecule has 110 valence electrons. The number of carbonyl (C=O) groups is 1. The number of aromatic carboxylic acids is 1. The largest absolute Gasteiger partial charge is 0.478 e. The summed E-state index contributed by atoms with van der Waals surface area (Å²) in [6.07, 6.45) is 2.28. The fraction of sp³-hybridized carbons (Fsp3) is 0.353. The van der Waals surface area contributed by atoms with Crippen LogP contribution in [0.4, 0.5) is 0 Å². The lowest BCUT2D eigenvalue weighted by Gasteiger charge is -2.22. The van der Waals surface area contributed by atoms with Crippen LogP contribution in [0.25, 0.3) is 0 Å². The highest BCUT2D eigenvalue weighted by atomic mass is 16.4. The van der Waals surface area contributed by atoms with Gasteiger partial charge in [-0.2, -0.15) is 0 Å². The molecule has 2 aromatic rings. The molecule has 0 amide bonds. The fourth-order valence-corrected chi connectivity index (χ4v) is 2.96. The molecule has 1 aliphatic rings. The smallest absolute Gasteiger partial charge is 0.335 e. The van der Waals surface area contributed by atoms with Crippen molar-refractivity contribution in [2.75, 3.05) is 6.54 Å². The van der Waals surface area contributed by atoms with E-state index in [1.54, 1.807) is 12.1 Å². The first-order chi connectivity index (χ1) is 10.1. The molecule has 1 saturated heterocycles. The van der Waals surface area contributed by atoms with Crippen LogP contribution in [0.2, 0.25) is 0 Å². The lowest BCUT2D eigenvalue weighted by atomic mass is 10.1. The Morgan fingerprint density at radius 3 is 2.67 bits per heavy atom. The van der Waals surface area contributed by atoms with Gasteiger partial charge >= 0.3 is 5.97 Å². The molecule has 0 bridgehead atoms. The molecule has 1 fully saturated rings. The predicted octanol–water partition coefficient (Wildman–Crippen LogP) is 3.62. The number of aryl methyl sites for hydroxylation is 1. The monoisotopic (exact) mass is 285 g/mol. The zero-order valence-corrected chi connectivity index (χ0v) is 12.1. The van der Waals surface area contributed by atoms with Gasteiger partial charge in [0.25, 0.3) is 0 Å². The van der Waals surface area contributed by atoms with Crippen LogP contribution in [-0.4, -0.2) is 22.5 Å². The first-order valence-electron chi connectivity index (χ1n) is 7.26. The number of rotatable bonds is 4. The number of carboxylic acids is 1. The number of nitrogens with zero attached hydrogens (tertiary/aromatic N) is 1. The van der Waals surface area contributed by atoms with Gasteiger partial charge in [0, 0.05) is 6.54 Å². The number of hydrogen-bond donors (Lipinski definition) is 1. The second kappa shape index (κ2) is 5.74. The van der Waals surface area contributed by atoms with Crippen molar-refractivity contribution in [1.82, 2.24) is 4.90 Å². The van der Waals surface area contributed by atoms with E-state index in [0.29, 0.717) is 11.6 Å². The van der Waals surface area contributed by atoms with E-state index < -0.39 is 5.97 Å². The summed E-state index contributed by atoms with van der Waals surface area (Å²) < 4.78 is 5.77. The highest BCUT2D eigenvalue weighted by molar-refractivity contribution is 5.87. The Labute approximate surface area is 124 Å². The maximum absolute atomic E-state index is 10.9. The zero-order valence-electron chi connectivity index (χ0n) is 12.1. The van der Waals surface area contributed by atoms with Gasteiger partial charge in [0.05, 0.1) is 11.6 Å². The van der Waals surface area contributed by atoms with E-state index in [1.165, 1.54) is 0 Å². The Kier molecular flexibility index (Phi) is 3.80. The fourth-order valence-electron chi connectivity index (χ4n) is 2.96. The van der Waals surface area contributed by atoms with Crippen LogP contribution in [0.15, 0.2) is 40.8 Å². The molecule has 3 rings (SSSR count). The summed E-state index contributed by atoms with van der Waals surface area (Å²) >= 11 is 0. The van der Waals surface area contributed by atoms with E-state index >= 15 is 0 Å². The van der Waals surface area contributed by atoms with Crippen molar-refractivity contribution < 1.29 is 14.3 Å². The van der Waals surface area contributed by atoms with Gasteiger partial charge in [-0.1, -0.05) is 12.1 Å². The van der Waals surface area contributed by atoms with Gasteiger partial charge in [0.15, 0.2) is 0 Å².